The van der Waals surface area contributed by atoms with E-state index in [0.717, 1.165) is 23.2 Å². The van der Waals surface area contributed by atoms with E-state index in [9.17, 15) is 4.79 Å². The molecule has 164 valence electrons. The van der Waals surface area contributed by atoms with Gasteiger partial charge in [0.1, 0.15) is 0 Å². The summed E-state index contributed by atoms with van der Waals surface area (Å²) in [5.74, 6) is 0.738. The molecule has 0 radical (unpaired) electrons. The van der Waals surface area contributed by atoms with Gasteiger partial charge in [0, 0.05) is 0 Å². The van der Waals surface area contributed by atoms with Gasteiger partial charge in [0.2, 0.25) is 0 Å². The van der Waals surface area contributed by atoms with Crippen molar-refractivity contribution in [2.24, 2.45) is 11.3 Å². The first-order chi connectivity index (χ1) is 13.2. The predicted molar refractivity (Wildman–Crippen MR) is 129 cm³/mol. The Hall–Kier alpha value is 0.209. The third-order valence-electron chi connectivity index (χ3n) is 7.40. The van der Waals surface area contributed by atoms with Gasteiger partial charge in [-0.15, -0.1) is 0 Å². The molecule has 1 aliphatic carbocycles. The quantitative estimate of drug-likeness (QED) is 0.218. The molecule has 0 fully saturated rings. The molecule has 0 aliphatic heterocycles. The Bertz CT molecular complexity index is 469. The maximum absolute atomic E-state index is 12.8. The van der Waals surface area contributed by atoms with Gasteiger partial charge in [-0.25, -0.2) is 0 Å². The van der Waals surface area contributed by atoms with E-state index in [0.29, 0.717) is 5.78 Å². The third kappa shape index (κ3) is 8.15. The van der Waals surface area contributed by atoms with Gasteiger partial charge < -0.3 is 0 Å². The van der Waals surface area contributed by atoms with Crippen LogP contribution < -0.4 is 0 Å². The molecule has 0 aromatic rings. The summed E-state index contributed by atoms with van der Waals surface area (Å²) in [6.45, 7) is 16.5. The van der Waals surface area contributed by atoms with Gasteiger partial charge in [-0.05, 0) is 0 Å². The third-order valence-corrected chi connectivity index (χ3v) is 25.1. The number of Topliss-reactive ketones (excluding diaryl/α,β-unsaturated/α-hetero) is 1. The maximum atomic E-state index is 12.8. The average molecular weight is 497 g/mol. The molecule has 0 N–H and O–H groups in total. The molecule has 1 aliphatic rings. The van der Waals surface area contributed by atoms with Gasteiger partial charge in [-0.2, -0.15) is 0 Å². The monoisotopic (exact) mass is 498 g/mol. The summed E-state index contributed by atoms with van der Waals surface area (Å²) in [5.41, 5.74) is 1.86. The van der Waals surface area contributed by atoms with Crippen LogP contribution in [0.25, 0.3) is 0 Å². The summed E-state index contributed by atoms with van der Waals surface area (Å²) < 4.78 is 5.56. The first-order valence-corrected chi connectivity index (χ1v) is 20.1. The van der Waals surface area contributed by atoms with E-state index in [-0.39, 0.29) is 11.3 Å². The van der Waals surface area contributed by atoms with Gasteiger partial charge in [-0.3, -0.25) is 0 Å². The van der Waals surface area contributed by atoms with Crippen LogP contribution in [0.5, 0.6) is 0 Å². The summed E-state index contributed by atoms with van der Waals surface area (Å²) in [6, 6.07) is 0. The normalized spacial score (nSPS) is 26.0. The molecule has 2 atom stereocenters. The van der Waals surface area contributed by atoms with Gasteiger partial charge in [0.05, 0.1) is 0 Å². The van der Waals surface area contributed by atoms with E-state index >= 15 is 0 Å². The molecular weight excluding hydrogens is 447 g/mol. The van der Waals surface area contributed by atoms with Crippen LogP contribution in [-0.4, -0.2) is 24.2 Å². The zero-order chi connectivity index (χ0) is 21.2. The first kappa shape index (κ1) is 26.2. The fourth-order valence-corrected chi connectivity index (χ4v) is 25.6. The van der Waals surface area contributed by atoms with Crippen molar-refractivity contribution in [1.29, 1.82) is 0 Å². The molecule has 0 spiro atoms. The van der Waals surface area contributed by atoms with E-state index < -0.39 is 18.4 Å². The molecule has 0 aromatic heterocycles. The van der Waals surface area contributed by atoms with Crippen molar-refractivity contribution in [3.05, 3.63) is 11.6 Å². The number of carbonyl (C=O) groups excluding carboxylic acids is 1. The Morgan fingerprint density at radius 3 is 1.96 bits per heavy atom. The number of hydrogen-bond donors (Lipinski definition) is 0. The molecule has 1 nitrogen and oxygen atoms in total. The number of carbonyl (C=O) groups is 1. The number of hydrogen-bond acceptors (Lipinski definition) is 1. The van der Waals surface area contributed by atoms with Crippen LogP contribution >= 0.6 is 0 Å². The number of ketones is 1. The number of unbranched alkanes of at least 4 members (excludes halogenated alkanes) is 3. The Balaban J connectivity index is 3.35. The first-order valence-electron chi connectivity index (χ1n) is 12.4. The Labute approximate surface area is 181 Å². The molecule has 0 saturated carbocycles. The van der Waals surface area contributed by atoms with Crippen molar-refractivity contribution < 1.29 is 4.79 Å². The SMILES string of the molecule is CCC[CH2][Sn]([CH2]CCC)([CH2]CCC)[C@@H]1CC(C)(C)CC(=O)[C@H](C)CC/C=C/1C. The fourth-order valence-electron chi connectivity index (χ4n) is 5.48. The minimum absolute atomic E-state index is 0.148. The van der Waals surface area contributed by atoms with Crippen molar-refractivity contribution in [2.45, 2.75) is 130 Å². The Morgan fingerprint density at radius 2 is 1.50 bits per heavy atom. The van der Waals surface area contributed by atoms with Crippen LogP contribution in [0.2, 0.25) is 17.2 Å². The van der Waals surface area contributed by atoms with Crippen LogP contribution in [0.4, 0.5) is 0 Å². The molecule has 28 heavy (non-hydrogen) atoms. The predicted octanol–water partition coefficient (Wildman–Crippen LogP) is 8.96. The van der Waals surface area contributed by atoms with Gasteiger partial charge in [0.15, 0.2) is 0 Å². The molecule has 0 amide bonds. The molecule has 0 saturated heterocycles. The second-order valence-electron chi connectivity index (χ2n) is 10.7. The summed E-state index contributed by atoms with van der Waals surface area (Å²) >= 11 is -2.37. The summed E-state index contributed by atoms with van der Waals surface area (Å²) in [6.07, 6.45) is 15.1. The second-order valence-corrected chi connectivity index (χ2v) is 24.7. The summed E-state index contributed by atoms with van der Waals surface area (Å²) in [5, 5.41) is 0. The number of rotatable bonds is 10. The van der Waals surface area contributed by atoms with Crippen molar-refractivity contribution in [3.63, 3.8) is 0 Å². The van der Waals surface area contributed by atoms with Crippen LogP contribution in [0.1, 0.15) is 113 Å². The van der Waals surface area contributed by atoms with E-state index in [1.807, 2.05) is 0 Å². The van der Waals surface area contributed by atoms with Gasteiger partial charge in [0.25, 0.3) is 0 Å². The van der Waals surface area contributed by atoms with Crippen LogP contribution in [0, 0.1) is 11.3 Å². The molecule has 0 unspecified atom stereocenters. The molecule has 2 heteroatoms. The Kier molecular flexibility index (Phi) is 12.0. The van der Waals surface area contributed by atoms with Crippen LogP contribution in [0.15, 0.2) is 11.6 Å². The van der Waals surface area contributed by atoms with Crippen LogP contribution in [-0.2, 0) is 4.79 Å². The van der Waals surface area contributed by atoms with Gasteiger partial charge in [-0.1, -0.05) is 0 Å². The van der Waals surface area contributed by atoms with Crippen molar-refractivity contribution >= 4 is 24.2 Å². The fraction of sp³-hybridized carbons (Fsp3) is 0.885. The van der Waals surface area contributed by atoms with Crippen molar-refractivity contribution in [3.8, 4) is 0 Å². The molecular formula is C26H50OSn. The topological polar surface area (TPSA) is 17.1 Å². The van der Waals surface area contributed by atoms with Crippen molar-refractivity contribution in [1.82, 2.24) is 0 Å². The van der Waals surface area contributed by atoms with Crippen molar-refractivity contribution in [2.75, 3.05) is 0 Å². The van der Waals surface area contributed by atoms with E-state index in [1.54, 1.807) is 18.9 Å². The molecule has 0 heterocycles. The van der Waals surface area contributed by atoms with Gasteiger partial charge >= 0.3 is 182 Å². The average Bonchev–Trinajstić information content (AvgIpc) is 2.65. The van der Waals surface area contributed by atoms with E-state index in [4.69, 9.17) is 0 Å². The Morgan fingerprint density at radius 1 is 1.00 bits per heavy atom. The minimum atomic E-state index is -2.37. The second kappa shape index (κ2) is 12.8. The summed E-state index contributed by atoms with van der Waals surface area (Å²) in [4.78, 5) is 12.8. The number of allylic oxidation sites excluding steroid dienone is 2. The zero-order valence-corrected chi connectivity index (χ0v) is 23.2. The van der Waals surface area contributed by atoms with E-state index in [2.05, 4.69) is 54.5 Å². The van der Waals surface area contributed by atoms with Crippen LogP contribution in [0.3, 0.4) is 0 Å². The zero-order valence-electron chi connectivity index (χ0n) is 20.3. The standard InChI is InChI=1S/C14H23O.3C4H9.Sn/c1-11-6-5-7-12(2)13(15)10-14(3,4)9-8-11;3*1-3-4-2;/h6,8,12H,5,7,9-10H2,1-4H3;3*1,3-4H2,2H3;/b11-6+;;;;/t12-;;;;/m1..../s1. The molecule has 1 rings (SSSR count). The summed E-state index contributed by atoms with van der Waals surface area (Å²) in [7, 11) is 0. The van der Waals surface area contributed by atoms with E-state index in [1.165, 1.54) is 44.9 Å². The molecule has 0 aromatic carbocycles. The molecule has 0 bridgehead atoms.